The lowest BCUT2D eigenvalue weighted by Crippen LogP contribution is -2.36. The third kappa shape index (κ3) is 4.10. The third-order valence-corrected chi connectivity index (χ3v) is 3.67. The first-order valence-corrected chi connectivity index (χ1v) is 7.16. The molecule has 5 nitrogen and oxygen atoms in total. The number of hydrogen-bond acceptors (Lipinski definition) is 5. The van der Waals surface area contributed by atoms with Gasteiger partial charge in [-0.05, 0) is 32.0 Å². The monoisotopic (exact) mass is 280 g/mol. The maximum atomic E-state index is 9.97. The van der Waals surface area contributed by atoms with Crippen molar-refractivity contribution in [2.45, 2.75) is 25.5 Å². The number of likely N-dealkylation sites (tertiary alicyclic amines) is 1. The van der Waals surface area contributed by atoms with E-state index in [1.54, 1.807) is 6.07 Å². The summed E-state index contributed by atoms with van der Waals surface area (Å²) in [6, 6.07) is 5.41. The first kappa shape index (κ1) is 15.1. The van der Waals surface area contributed by atoms with Gasteiger partial charge in [0.05, 0.1) is 13.2 Å². The maximum Gasteiger partial charge on any atom is 0.162 e. The molecule has 1 fully saturated rings. The van der Waals surface area contributed by atoms with Crippen LogP contribution in [0, 0.1) is 0 Å². The van der Waals surface area contributed by atoms with Crippen molar-refractivity contribution in [1.29, 1.82) is 0 Å². The molecule has 1 aromatic rings. The molecule has 3 N–H and O–H groups in total. The highest BCUT2D eigenvalue weighted by molar-refractivity contribution is 5.45. The van der Waals surface area contributed by atoms with Gasteiger partial charge in [0, 0.05) is 25.2 Å². The van der Waals surface area contributed by atoms with Crippen LogP contribution in [0.25, 0.3) is 0 Å². The van der Waals surface area contributed by atoms with E-state index in [0.29, 0.717) is 18.8 Å². The van der Waals surface area contributed by atoms with E-state index in [2.05, 4.69) is 10.2 Å². The largest absolute Gasteiger partial charge is 0.504 e. The second-order valence-corrected chi connectivity index (χ2v) is 5.26. The Labute approximate surface area is 120 Å². The number of phenolic OH excluding ortho intramolecular Hbond substituents is 1. The summed E-state index contributed by atoms with van der Waals surface area (Å²) < 4.78 is 5.07. The van der Waals surface area contributed by atoms with Gasteiger partial charge in [-0.15, -0.1) is 0 Å². The Balaban J connectivity index is 1.74. The number of phenols is 1. The number of aliphatic hydroxyl groups is 1. The lowest BCUT2D eigenvalue weighted by molar-refractivity contribution is 0.123. The van der Waals surface area contributed by atoms with Crippen LogP contribution in [-0.2, 0) is 6.54 Å². The second kappa shape index (κ2) is 7.47. The highest BCUT2D eigenvalue weighted by atomic mass is 16.5. The molecule has 112 valence electrons. The van der Waals surface area contributed by atoms with Gasteiger partial charge in [-0.2, -0.15) is 0 Å². The number of ether oxygens (including phenoxy) is 1. The van der Waals surface area contributed by atoms with E-state index in [4.69, 9.17) is 4.74 Å². The van der Waals surface area contributed by atoms with Crippen LogP contribution < -0.4 is 10.1 Å². The minimum absolute atomic E-state index is 0.163. The number of hydrogen-bond donors (Lipinski definition) is 3. The number of para-hydroxylation sites is 1. The molecule has 0 amide bonds. The van der Waals surface area contributed by atoms with Gasteiger partial charge in [-0.1, -0.05) is 12.1 Å². The van der Waals surface area contributed by atoms with Crippen LogP contribution in [0.3, 0.4) is 0 Å². The Morgan fingerprint density at radius 3 is 2.80 bits per heavy atom. The summed E-state index contributed by atoms with van der Waals surface area (Å²) in [6.07, 6.45) is 2.09. The van der Waals surface area contributed by atoms with Crippen molar-refractivity contribution >= 4 is 0 Å². The van der Waals surface area contributed by atoms with Gasteiger partial charge in [0.2, 0.25) is 0 Å². The summed E-state index contributed by atoms with van der Waals surface area (Å²) in [6.45, 7) is 3.94. The van der Waals surface area contributed by atoms with Crippen molar-refractivity contribution in [3.63, 3.8) is 0 Å². The molecule has 1 unspecified atom stereocenters. The summed E-state index contributed by atoms with van der Waals surface area (Å²) in [5, 5.41) is 23.1. The molecule has 0 aliphatic carbocycles. The van der Waals surface area contributed by atoms with Gasteiger partial charge in [0.25, 0.3) is 0 Å². The summed E-state index contributed by atoms with van der Waals surface area (Å²) in [5.41, 5.74) is 0.776. The molecule has 1 aliphatic heterocycles. The lowest BCUT2D eigenvalue weighted by Gasteiger charge is -2.19. The first-order chi connectivity index (χ1) is 9.70. The Morgan fingerprint density at radius 2 is 2.10 bits per heavy atom. The van der Waals surface area contributed by atoms with Gasteiger partial charge < -0.3 is 25.2 Å². The Kier molecular flexibility index (Phi) is 5.64. The van der Waals surface area contributed by atoms with Crippen molar-refractivity contribution in [3.8, 4) is 11.5 Å². The van der Waals surface area contributed by atoms with Crippen molar-refractivity contribution in [2.24, 2.45) is 0 Å². The van der Waals surface area contributed by atoms with Crippen molar-refractivity contribution in [1.82, 2.24) is 10.2 Å². The first-order valence-electron chi connectivity index (χ1n) is 7.16. The number of aliphatic hydroxyl groups excluding tert-OH is 1. The molecule has 1 heterocycles. The average Bonchev–Trinajstić information content (AvgIpc) is 2.93. The second-order valence-electron chi connectivity index (χ2n) is 5.26. The molecule has 1 aliphatic rings. The van der Waals surface area contributed by atoms with Crippen molar-refractivity contribution in [3.05, 3.63) is 23.8 Å². The van der Waals surface area contributed by atoms with Crippen LogP contribution >= 0.6 is 0 Å². The summed E-state index contributed by atoms with van der Waals surface area (Å²) >= 11 is 0. The predicted molar refractivity (Wildman–Crippen MR) is 78.0 cm³/mol. The van der Waals surface area contributed by atoms with E-state index in [1.165, 1.54) is 20.0 Å². The molecule has 1 saturated heterocycles. The van der Waals surface area contributed by atoms with Crippen molar-refractivity contribution < 1.29 is 14.9 Å². The lowest BCUT2D eigenvalue weighted by atomic mass is 10.2. The van der Waals surface area contributed by atoms with Gasteiger partial charge in [-0.25, -0.2) is 0 Å². The average molecular weight is 280 g/mol. The molecule has 20 heavy (non-hydrogen) atoms. The molecule has 0 radical (unpaired) electrons. The molecule has 0 aromatic heterocycles. The molecule has 2 rings (SSSR count). The number of nitrogens with one attached hydrogen (secondary N) is 1. The number of rotatable bonds is 7. The van der Waals surface area contributed by atoms with Gasteiger partial charge in [0.15, 0.2) is 11.5 Å². The zero-order chi connectivity index (χ0) is 14.4. The summed E-state index contributed by atoms with van der Waals surface area (Å²) in [7, 11) is 1.53. The predicted octanol–water partition coefficient (Wildman–Crippen LogP) is 0.947. The van der Waals surface area contributed by atoms with Crippen LogP contribution in [0.1, 0.15) is 18.4 Å². The van der Waals surface area contributed by atoms with E-state index in [1.807, 2.05) is 12.1 Å². The van der Waals surface area contributed by atoms with E-state index < -0.39 is 0 Å². The fourth-order valence-electron chi connectivity index (χ4n) is 2.58. The highest BCUT2D eigenvalue weighted by Gasteiger charge is 2.15. The van der Waals surface area contributed by atoms with Gasteiger partial charge in [-0.3, -0.25) is 0 Å². The Hall–Kier alpha value is -1.30. The molecule has 0 spiro atoms. The van der Waals surface area contributed by atoms with Gasteiger partial charge in [0.1, 0.15) is 0 Å². The maximum absolute atomic E-state index is 9.97. The SMILES string of the molecule is COc1cccc(CNCC(O)CN2CCCC2)c1O. The number of aromatic hydroxyl groups is 1. The summed E-state index contributed by atoms with van der Waals surface area (Å²) in [5.74, 6) is 0.637. The minimum Gasteiger partial charge on any atom is -0.504 e. The number of methoxy groups -OCH3 is 1. The summed E-state index contributed by atoms with van der Waals surface area (Å²) in [4.78, 5) is 2.29. The molecule has 0 bridgehead atoms. The fourth-order valence-corrected chi connectivity index (χ4v) is 2.58. The quantitative estimate of drug-likeness (QED) is 0.694. The van der Waals surface area contributed by atoms with E-state index >= 15 is 0 Å². The van der Waals surface area contributed by atoms with Crippen LogP contribution in [-0.4, -0.2) is 54.5 Å². The van der Waals surface area contributed by atoms with Crippen LogP contribution in [0.5, 0.6) is 11.5 Å². The third-order valence-electron chi connectivity index (χ3n) is 3.67. The Bertz CT molecular complexity index is 420. The van der Waals surface area contributed by atoms with Crippen LogP contribution in [0.4, 0.5) is 0 Å². The van der Waals surface area contributed by atoms with Crippen LogP contribution in [0.2, 0.25) is 0 Å². The van der Waals surface area contributed by atoms with Gasteiger partial charge >= 0.3 is 0 Å². The molecule has 0 saturated carbocycles. The zero-order valence-electron chi connectivity index (χ0n) is 12.0. The molecule has 5 heteroatoms. The minimum atomic E-state index is -0.374. The normalized spacial score (nSPS) is 17.3. The smallest absolute Gasteiger partial charge is 0.162 e. The van der Waals surface area contributed by atoms with E-state index in [9.17, 15) is 10.2 Å². The number of benzene rings is 1. The molecular formula is C15H24N2O3. The van der Waals surface area contributed by atoms with E-state index in [-0.39, 0.29) is 11.9 Å². The standard InChI is InChI=1S/C15H24N2O3/c1-20-14-6-4-5-12(15(14)19)9-16-10-13(18)11-17-7-2-3-8-17/h4-6,13,16,18-19H,2-3,7-11H2,1H3. The van der Waals surface area contributed by atoms with Crippen LogP contribution in [0.15, 0.2) is 18.2 Å². The van der Waals surface area contributed by atoms with E-state index in [0.717, 1.165) is 25.2 Å². The topological polar surface area (TPSA) is 65.0 Å². The fraction of sp³-hybridized carbons (Fsp3) is 0.600. The number of β-amino-alcohol motifs (C(OH)–C–C–N with tert-alkyl or cyclic N) is 1. The molecule has 1 aromatic carbocycles. The highest BCUT2D eigenvalue weighted by Crippen LogP contribution is 2.28. The zero-order valence-corrected chi connectivity index (χ0v) is 12.0. The molecular weight excluding hydrogens is 256 g/mol. The molecule has 1 atom stereocenters. The number of nitrogens with zero attached hydrogens (tertiary/aromatic N) is 1. The van der Waals surface area contributed by atoms with Crippen molar-refractivity contribution in [2.75, 3.05) is 33.3 Å². The Morgan fingerprint density at radius 1 is 1.35 bits per heavy atom.